The molecule has 33 heavy (non-hydrogen) atoms. The van der Waals surface area contributed by atoms with Crippen molar-refractivity contribution in [3.05, 3.63) is 65.3 Å². The van der Waals surface area contributed by atoms with E-state index >= 15 is 0 Å². The zero-order valence-corrected chi connectivity index (χ0v) is 20.1. The molecular formula is C26H33N5O2. The number of pyridine rings is 1. The fourth-order valence-electron chi connectivity index (χ4n) is 5.34. The summed E-state index contributed by atoms with van der Waals surface area (Å²) in [6.45, 7) is 8.07. The molecule has 2 N–H and O–H groups in total. The van der Waals surface area contributed by atoms with Crippen LogP contribution in [-0.4, -0.2) is 52.3 Å². The summed E-state index contributed by atoms with van der Waals surface area (Å²) in [5, 5.41) is 19.9. The molecule has 0 unspecified atom stereocenters. The second kappa shape index (κ2) is 7.72. The topological polar surface area (TPSA) is 87.3 Å². The van der Waals surface area contributed by atoms with Crippen molar-refractivity contribution in [1.82, 2.24) is 25.3 Å². The van der Waals surface area contributed by atoms with E-state index in [0.717, 1.165) is 42.6 Å². The molecule has 0 radical (unpaired) electrons. The van der Waals surface area contributed by atoms with Gasteiger partial charge < -0.3 is 19.8 Å². The summed E-state index contributed by atoms with van der Waals surface area (Å²) in [4.78, 5) is 11.4. The molecule has 1 aromatic carbocycles. The molecule has 2 aliphatic rings. The van der Waals surface area contributed by atoms with Crippen LogP contribution in [0.5, 0.6) is 0 Å². The van der Waals surface area contributed by atoms with Crippen molar-refractivity contribution in [3.8, 4) is 11.4 Å². The SMILES string of the molecule is CNC1(c2nc(-c3cncc([C@@](O)(c4ccc(C(C)C)cc4)C4(C)CN(C)C4)c3)no2)CC1. The lowest BCUT2D eigenvalue weighted by molar-refractivity contribution is -0.127. The zero-order valence-electron chi connectivity index (χ0n) is 20.1. The van der Waals surface area contributed by atoms with Gasteiger partial charge in [-0.15, -0.1) is 0 Å². The van der Waals surface area contributed by atoms with Gasteiger partial charge in [-0.25, -0.2) is 0 Å². The van der Waals surface area contributed by atoms with Crippen LogP contribution in [0.2, 0.25) is 0 Å². The van der Waals surface area contributed by atoms with E-state index in [-0.39, 0.29) is 11.0 Å². The fourth-order valence-corrected chi connectivity index (χ4v) is 5.34. The van der Waals surface area contributed by atoms with Gasteiger partial charge in [0.2, 0.25) is 11.7 Å². The molecular weight excluding hydrogens is 414 g/mol. The Morgan fingerprint density at radius 3 is 2.39 bits per heavy atom. The number of aromatic nitrogens is 3. The van der Waals surface area contributed by atoms with E-state index < -0.39 is 5.60 Å². The lowest BCUT2D eigenvalue weighted by atomic mass is 9.62. The molecule has 174 valence electrons. The Morgan fingerprint density at radius 1 is 1.12 bits per heavy atom. The van der Waals surface area contributed by atoms with E-state index in [0.29, 0.717) is 17.6 Å². The van der Waals surface area contributed by atoms with Gasteiger partial charge in [0, 0.05) is 42.0 Å². The summed E-state index contributed by atoms with van der Waals surface area (Å²) in [6, 6.07) is 10.3. The lowest BCUT2D eigenvalue weighted by Crippen LogP contribution is -2.63. The van der Waals surface area contributed by atoms with Gasteiger partial charge in [0.25, 0.3) is 0 Å². The van der Waals surface area contributed by atoms with Crippen LogP contribution in [0.15, 0.2) is 47.2 Å². The molecule has 5 rings (SSSR count). The third kappa shape index (κ3) is 3.50. The molecule has 0 bridgehead atoms. The summed E-state index contributed by atoms with van der Waals surface area (Å²) in [5.74, 6) is 1.54. The van der Waals surface area contributed by atoms with Gasteiger partial charge in [-0.3, -0.25) is 4.98 Å². The largest absolute Gasteiger partial charge is 0.380 e. The highest BCUT2D eigenvalue weighted by Crippen LogP contribution is 2.50. The number of aliphatic hydroxyl groups is 1. The van der Waals surface area contributed by atoms with Crippen molar-refractivity contribution in [2.75, 3.05) is 27.2 Å². The van der Waals surface area contributed by atoms with Crippen molar-refractivity contribution >= 4 is 0 Å². The predicted octanol–water partition coefficient (Wildman–Crippen LogP) is 3.65. The first kappa shape index (κ1) is 22.2. The van der Waals surface area contributed by atoms with Gasteiger partial charge in [0.05, 0.1) is 5.54 Å². The lowest BCUT2D eigenvalue weighted by Gasteiger charge is -2.55. The van der Waals surface area contributed by atoms with Gasteiger partial charge in [0.1, 0.15) is 5.60 Å². The Morgan fingerprint density at radius 2 is 1.82 bits per heavy atom. The van der Waals surface area contributed by atoms with Crippen molar-refractivity contribution in [3.63, 3.8) is 0 Å². The van der Waals surface area contributed by atoms with Crippen LogP contribution in [0, 0.1) is 5.41 Å². The quantitative estimate of drug-likeness (QED) is 0.572. The summed E-state index contributed by atoms with van der Waals surface area (Å²) < 4.78 is 5.58. The maximum atomic E-state index is 12.4. The first-order chi connectivity index (χ1) is 15.7. The Balaban J connectivity index is 1.56. The summed E-state index contributed by atoms with van der Waals surface area (Å²) in [5.41, 5.74) is 1.86. The smallest absolute Gasteiger partial charge is 0.247 e. The van der Waals surface area contributed by atoms with Crippen LogP contribution in [0.4, 0.5) is 0 Å². The zero-order chi connectivity index (χ0) is 23.4. The number of benzene rings is 1. The molecule has 3 heterocycles. The summed E-state index contributed by atoms with van der Waals surface area (Å²) in [6.07, 6.45) is 5.47. The van der Waals surface area contributed by atoms with Crippen LogP contribution >= 0.6 is 0 Å². The number of hydrogen-bond donors (Lipinski definition) is 2. The minimum Gasteiger partial charge on any atom is -0.380 e. The van der Waals surface area contributed by atoms with E-state index in [1.54, 1.807) is 12.4 Å². The maximum Gasteiger partial charge on any atom is 0.247 e. The standard InChI is InChI=1S/C26H33N5O2/c1-17(2)18-6-8-20(9-7-18)26(32,24(3)15-31(5)16-24)21-12-19(13-28-14-21)22-29-23(33-30-22)25(27-4)10-11-25/h6-9,12-14,17,27,32H,10-11,15-16H2,1-5H3/t26-/m0/s1. The number of rotatable bonds is 7. The third-order valence-electron chi connectivity index (χ3n) is 7.58. The molecule has 1 atom stereocenters. The third-order valence-corrected chi connectivity index (χ3v) is 7.58. The average molecular weight is 448 g/mol. The van der Waals surface area contributed by atoms with Crippen molar-refractivity contribution in [1.29, 1.82) is 0 Å². The fraction of sp³-hybridized carbons (Fsp3) is 0.500. The molecule has 2 aromatic heterocycles. The molecule has 3 aromatic rings. The Hall–Kier alpha value is -2.61. The number of likely N-dealkylation sites (tertiary alicyclic amines) is 1. The highest BCUT2D eigenvalue weighted by Gasteiger charge is 2.55. The molecule has 1 aliphatic carbocycles. The molecule has 7 heteroatoms. The Kier molecular flexibility index (Phi) is 5.19. The normalized spacial score (nSPS) is 20.9. The summed E-state index contributed by atoms with van der Waals surface area (Å²) in [7, 11) is 4.00. The van der Waals surface area contributed by atoms with E-state index in [1.807, 2.05) is 13.1 Å². The second-order valence-electron chi connectivity index (χ2n) is 10.4. The van der Waals surface area contributed by atoms with Gasteiger partial charge >= 0.3 is 0 Å². The molecule has 2 fully saturated rings. The monoisotopic (exact) mass is 447 g/mol. The van der Waals surface area contributed by atoms with E-state index in [4.69, 9.17) is 4.52 Å². The first-order valence-corrected chi connectivity index (χ1v) is 11.7. The highest BCUT2D eigenvalue weighted by molar-refractivity contribution is 5.56. The van der Waals surface area contributed by atoms with Gasteiger partial charge in [0.15, 0.2) is 0 Å². The highest BCUT2D eigenvalue weighted by atomic mass is 16.5. The van der Waals surface area contributed by atoms with Crippen LogP contribution in [0.3, 0.4) is 0 Å². The van der Waals surface area contributed by atoms with Gasteiger partial charge in [-0.05, 0) is 50.0 Å². The molecule has 1 saturated carbocycles. The first-order valence-electron chi connectivity index (χ1n) is 11.7. The van der Waals surface area contributed by atoms with E-state index in [1.165, 1.54) is 5.56 Å². The Labute approximate surface area is 195 Å². The molecule has 1 aliphatic heterocycles. The van der Waals surface area contributed by atoms with Crippen molar-refractivity contribution in [2.24, 2.45) is 5.41 Å². The van der Waals surface area contributed by atoms with Crippen LogP contribution in [0.1, 0.15) is 62.1 Å². The summed E-state index contributed by atoms with van der Waals surface area (Å²) >= 11 is 0. The van der Waals surface area contributed by atoms with Crippen molar-refractivity contribution < 1.29 is 9.63 Å². The van der Waals surface area contributed by atoms with E-state index in [9.17, 15) is 5.11 Å². The Bertz CT molecular complexity index is 1150. The molecule has 7 nitrogen and oxygen atoms in total. The van der Waals surface area contributed by atoms with Crippen molar-refractivity contribution in [2.45, 2.75) is 50.7 Å². The predicted molar refractivity (Wildman–Crippen MR) is 127 cm³/mol. The molecule has 1 saturated heterocycles. The average Bonchev–Trinajstić information content (AvgIpc) is 3.45. The maximum absolute atomic E-state index is 12.4. The number of hydrogen-bond acceptors (Lipinski definition) is 7. The van der Waals surface area contributed by atoms with Crippen LogP contribution in [0.25, 0.3) is 11.4 Å². The minimum atomic E-state index is -1.20. The van der Waals surface area contributed by atoms with Gasteiger partial charge in [-0.2, -0.15) is 4.98 Å². The number of nitrogens with zero attached hydrogens (tertiary/aromatic N) is 4. The molecule has 0 spiro atoms. The number of nitrogens with one attached hydrogen (secondary N) is 1. The second-order valence-corrected chi connectivity index (χ2v) is 10.4. The van der Waals surface area contributed by atoms with Gasteiger partial charge in [-0.1, -0.05) is 50.2 Å². The van der Waals surface area contributed by atoms with Crippen LogP contribution in [-0.2, 0) is 11.1 Å². The van der Waals surface area contributed by atoms with E-state index in [2.05, 4.69) is 77.4 Å². The van der Waals surface area contributed by atoms with Crippen LogP contribution < -0.4 is 5.32 Å². The minimum absolute atomic E-state index is 0.195. The molecule has 0 amide bonds.